The molecule has 112 valence electrons. The van der Waals surface area contributed by atoms with Crippen LogP contribution >= 0.6 is 0 Å². The maximum atomic E-state index is 12.8. The number of rotatable bonds is 1. The molecule has 2 aromatic rings. The van der Waals surface area contributed by atoms with Gasteiger partial charge in [-0.15, -0.1) is 0 Å². The van der Waals surface area contributed by atoms with Gasteiger partial charge >= 0.3 is 0 Å². The van der Waals surface area contributed by atoms with Crippen molar-refractivity contribution in [2.45, 2.75) is 33.6 Å². The van der Waals surface area contributed by atoms with Crippen LogP contribution in [0.15, 0.2) is 15.5 Å². The van der Waals surface area contributed by atoms with E-state index in [1.165, 1.54) is 6.33 Å². The topological polar surface area (TPSA) is 79.2 Å². The average Bonchev–Trinajstić information content (AvgIpc) is 2.74. The normalized spacial score (nSPS) is 18.1. The Morgan fingerprint density at radius 2 is 2.24 bits per heavy atom. The summed E-state index contributed by atoms with van der Waals surface area (Å²) in [5.41, 5.74) is 0.329. The van der Waals surface area contributed by atoms with Crippen LogP contribution in [-0.4, -0.2) is 33.9 Å². The molecule has 0 aromatic carbocycles. The minimum atomic E-state index is -0.337. The van der Waals surface area contributed by atoms with Crippen LogP contribution in [0.2, 0.25) is 0 Å². The molecule has 1 saturated heterocycles. The highest BCUT2D eigenvalue weighted by Crippen LogP contribution is 2.31. The fraction of sp³-hybridized carbons (Fsp3) is 0.533. The Morgan fingerprint density at radius 3 is 2.95 bits per heavy atom. The van der Waals surface area contributed by atoms with Gasteiger partial charge in [0.05, 0.1) is 11.9 Å². The van der Waals surface area contributed by atoms with Crippen molar-refractivity contribution >= 4 is 17.0 Å². The van der Waals surface area contributed by atoms with Gasteiger partial charge in [-0.05, 0) is 25.2 Å². The van der Waals surface area contributed by atoms with Gasteiger partial charge < -0.3 is 14.3 Å². The van der Waals surface area contributed by atoms with Crippen molar-refractivity contribution in [2.75, 3.05) is 13.1 Å². The third kappa shape index (κ3) is 2.34. The molecule has 1 amide bonds. The number of piperidine rings is 1. The minimum absolute atomic E-state index is 0.103. The summed E-state index contributed by atoms with van der Waals surface area (Å²) >= 11 is 0. The molecule has 0 unspecified atom stereocenters. The van der Waals surface area contributed by atoms with Gasteiger partial charge in [0.1, 0.15) is 11.1 Å². The van der Waals surface area contributed by atoms with E-state index in [0.29, 0.717) is 24.4 Å². The number of aryl methyl sites for hydroxylation is 1. The van der Waals surface area contributed by atoms with E-state index in [1.807, 2.05) is 4.90 Å². The Kier molecular flexibility index (Phi) is 3.11. The monoisotopic (exact) mass is 289 g/mol. The molecule has 0 aliphatic carbocycles. The second-order valence-electron chi connectivity index (χ2n) is 6.44. The maximum Gasteiger partial charge on any atom is 0.262 e. The van der Waals surface area contributed by atoms with Crippen molar-refractivity contribution < 1.29 is 9.21 Å². The maximum absolute atomic E-state index is 12.8. The SMILES string of the molecule is Cc1oc2nc[nH]c(=O)c2c1C(=O)N1CCCC(C)(C)C1. The average molecular weight is 289 g/mol. The van der Waals surface area contributed by atoms with Gasteiger partial charge in [0.25, 0.3) is 11.5 Å². The van der Waals surface area contributed by atoms with Crippen LogP contribution in [0.5, 0.6) is 0 Å². The molecule has 1 aliphatic rings. The van der Waals surface area contributed by atoms with Crippen LogP contribution in [0, 0.1) is 12.3 Å². The van der Waals surface area contributed by atoms with E-state index < -0.39 is 0 Å². The number of likely N-dealkylation sites (tertiary alicyclic amines) is 1. The highest BCUT2D eigenvalue weighted by molar-refractivity contribution is 6.06. The second kappa shape index (κ2) is 4.72. The lowest BCUT2D eigenvalue weighted by atomic mass is 9.84. The first-order chi connectivity index (χ1) is 9.89. The fourth-order valence-electron chi connectivity index (χ4n) is 3.07. The van der Waals surface area contributed by atoms with Gasteiger partial charge in [-0.3, -0.25) is 9.59 Å². The van der Waals surface area contributed by atoms with Gasteiger partial charge in [-0.1, -0.05) is 13.8 Å². The van der Waals surface area contributed by atoms with Crippen molar-refractivity contribution in [2.24, 2.45) is 5.41 Å². The molecule has 3 heterocycles. The molecule has 1 N–H and O–H groups in total. The predicted octanol–water partition coefficient (Wildman–Crippen LogP) is 2.09. The number of nitrogens with one attached hydrogen (secondary N) is 1. The summed E-state index contributed by atoms with van der Waals surface area (Å²) in [6.07, 6.45) is 3.36. The summed E-state index contributed by atoms with van der Waals surface area (Å²) < 4.78 is 5.47. The summed E-state index contributed by atoms with van der Waals surface area (Å²) in [5, 5.41) is 0.253. The van der Waals surface area contributed by atoms with Gasteiger partial charge in [0.2, 0.25) is 5.71 Å². The standard InChI is InChI=1S/C15H19N3O3/c1-9-10(11-12(19)16-8-17-13(11)21-9)14(20)18-6-4-5-15(2,3)7-18/h8H,4-7H2,1-3H3,(H,16,17,19). The highest BCUT2D eigenvalue weighted by Gasteiger charge is 2.32. The number of carbonyl (C=O) groups is 1. The minimum Gasteiger partial charge on any atom is -0.442 e. The van der Waals surface area contributed by atoms with Crippen molar-refractivity contribution in [1.82, 2.24) is 14.9 Å². The first-order valence-corrected chi connectivity index (χ1v) is 7.15. The van der Waals surface area contributed by atoms with E-state index >= 15 is 0 Å². The Labute approximate surface area is 122 Å². The van der Waals surface area contributed by atoms with Crippen LogP contribution in [0.4, 0.5) is 0 Å². The van der Waals surface area contributed by atoms with Crippen LogP contribution < -0.4 is 5.56 Å². The lowest BCUT2D eigenvalue weighted by Crippen LogP contribution is -2.43. The van der Waals surface area contributed by atoms with Gasteiger partial charge in [0.15, 0.2) is 0 Å². The zero-order valence-corrected chi connectivity index (χ0v) is 12.5. The van der Waals surface area contributed by atoms with Gasteiger partial charge in [0, 0.05) is 13.1 Å². The highest BCUT2D eigenvalue weighted by atomic mass is 16.3. The molecular weight excluding hydrogens is 270 g/mol. The van der Waals surface area contributed by atoms with E-state index in [4.69, 9.17) is 4.42 Å². The zero-order valence-electron chi connectivity index (χ0n) is 12.5. The smallest absolute Gasteiger partial charge is 0.262 e. The molecule has 0 spiro atoms. The number of H-pyrrole nitrogens is 1. The quantitative estimate of drug-likeness (QED) is 0.871. The molecule has 21 heavy (non-hydrogen) atoms. The lowest BCUT2D eigenvalue weighted by molar-refractivity contribution is 0.0583. The van der Waals surface area contributed by atoms with Crippen molar-refractivity contribution in [3.05, 3.63) is 28.0 Å². The van der Waals surface area contributed by atoms with Crippen LogP contribution in [0.1, 0.15) is 42.8 Å². The summed E-state index contributed by atoms with van der Waals surface area (Å²) in [6.45, 7) is 7.41. The Morgan fingerprint density at radius 1 is 1.48 bits per heavy atom. The Hall–Kier alpha value is -2.11. The molecule has 6 heteroatoms. The van der Waals surface area contributed by atoms with Crippen LogP contribution in [0.25, 0.3) is 11.1 Å². The molecule has 1 fully saturated rings. The molecule has 0 radical (unpaired) electrons. The van der Waals surface area contributed by atoms with E-state index in [-0.39, 0.29) is 28.0 Å². The third-order valence-corrected chi connectivity index (χ3v) is 4.07. The molecule has 6 nitrogen and oxygen atoms in total. The van der Waals surface area contributed by atoms with E-state index in [2.05, 4.69) is 23.8 Å². The predicted molar refractivity (Wildman–Crippen MR) is 78.3 cm³/mol. The van der Waals surface area contributed by atoms with E-state index in [1.54, 1.807) is 6.92 Å². The lowest BCUT2D eigenvalue weighted by Gasteiger charge is -2.38. The number of aromatic amines is 1. The number of aromatic nitrogens is 2. The number of furan rings is 1. The van der Waals surface area contributed by atoms with Gasteiger partial charge in [-0.25, -0.2) is 4.98 Å². The first-order valence-electron chi connectivity index (χ1n) is 7.15. The second-order valence-corrected chi connectivity index (χ2v) is 6.44. The summed E-state index contributed by atoms with van der Waals surface area (Å²) in [6, 6.07) is 0. The van der Waals surface area contributed by atoms with Crippen molar-refractivity contribution in [1.29, 1.82) is 0 Å². The van der Waals surface area contributed by atoms with Crippen LogP contribution in [-0.2, 0) is 0 Å². The Bertz CT molecular complexity index is 757. The van der Waals surface area contributed by atoms with Crippen molar-refractivity contribution in [3.8, 4) is 0 Å². The molecule has 0 bridgehead atoms. The number of amides is 1. The zero-order chi connectivity index (χ0) is 15.2. The Balaban J connectivity index is 2.06. The van der Waals surface area contributed by atoms with E-state index in [0.717, 1.165) is 12.8 Å². The van der Waals surface area contributed by atoms with Crippen molar-refractivity contribution in [3.63, 3.8) is 0 Å². The molecule has 2 aromatic heterocycles. The number of nitrogens with zero attached hydrogens (tertiary/aromatic N) is 2. The molecule has 1 aliphatic heterocycles. The number of hydrogen-bond donors (Lipinski definition) is 1. The van der Waals surface area contributed by atoms with Crippen LogP contribution in [0.3, 0.4) is 0 Å². The van der Waals surface area contributed by atoms with E-state index in [9.17, 15) is 9.59 Å². The number of carbonyl (C=O) groups excluding carboxylic acids is 1. The summed E-state index contributed by atoms with van der Waals surface area (Å²) in [7, 11) is 0. The summed E-state index contributed by atoms with van der Waals surface area (Å²) in [4.78, 5) is 33.1. The first kappa shape index (κ1) is 13.9. The number of hydrogen-bond acceptors (Lipinski definition) is 4. The fourth-order valence-corrected chi connectivity index (χ4v) is 3.07. The molecular formula is C15H19N3O3. The molecule has 3 rings (SSSR count). The third-order valence-electron chi connectivity index (χ3n) is 4.07. The molecule has 0 saturated carbocycles. The number of fused-ring (bicyclic) bond motifs is 1. The molecule has 0 atom stereocenters. The van der Waals surface area contributed by atoms with Gasteiger partial charge in [-0.2, -0.15) is 0 Å². The largest absolute Gasteiger partial charge is 0.442 e. The summed E-state index contributed by atoms with van der Waals surface area (Å²) in [5.74, 6) is 0.306.